The summed E-state index contributed by atoms with van der Waals surface area (Å²) in [5, 5.41) is 12.8. The normalized spacial score (nSPS) is 18.1. The number of nitrogens with one attached hydrogen (secondary N) is 1. The molecule has 1 aliphatic heterocycles. The highest BCUT2D eigenvalue weighted by Crippen LogP contribution is 2.39. The number of esters is 1. The van der Waals surface area contributed by atoms with Gasteiger partial charge in [-0.3, -0.25) is 4.79 Å². The van der Waals surface area contributed by atoms with Gasteiger partial charge in [-0.1, -0.05) is 6.07 Å². The number of anilines is 1. The van der Waals surface area contributed by atoms with Crippen molar-refractivity contribution in [2.75, 3.05) is 19.0 Å². The van der Waals surface area contributed by atoms with E-state index in [1.165, 1.54) is 7.11 Å². The Kier molecular flexibility index (Phi) is 2.49. The molecule has 1 aromatic carbocycles. The average Bonchev–Trinajstić information content (AvgIpc) is 2.63. The largest absolute Gasteiger partial charge is 0.508 e. The van der Waals surface area contributed by atoms with Crippen LogP contribution in [0.2, 0.25) is 0 Å². The molecule has 0 bridgehead atoms. The van der Waals surface area contributed by atoms with Crippen LogP contribution in [-0.4, -0.2) is 24.7 Å². The zero-order chi connectivity index (χ0) is 10.8. The van der Waals surface area contributed by atoms with E-state index in [4.69, 9.17) is 0 Å². The Morgan fingerprint density at radius 1 is 1.67 bits per heavy atom. The number of hydrogen-bond donors (Lipinski definition) is 2. The Morgan fingerprint density at radius 3 is 3.20 bits per heavy atom. The van der Waals surface area contributed by atoms with Crippen molar-refractivity contribution in [2.24, 2.45) is 0 Å². The van der Waals surface area contributed by atoms with Crippen LogP contribution < -0.4 is 5.32 Å². The number of phenols is 1. The molecular formula is C11H13NO3. The lowest BCUT2D eigenvalue weighted by Gasteiger charge is -2.09. The second-order valence-electron chi connectivity index (χ2n) is 3.60. The molecule has 0 saturated carbocycles. The topological polar surface area (TPSA) is 58.6 Å². The monoisotopic (exact) mass is 207 g/mol. The summed E-state index contributed by atoms with van der Waals surface area (Å²) in [5.74, 6) is -0.00189. The van der Waals surface area contributed by atoms with Gasteiger partial charge in [0.2, 0.25) is 0 Å². The molecule has 1 atom stereocenters. The van der Waals surface area contributed by atoms with E-state index in [0.29, 0.717) is 13.0 Å². The fourth-order valence-corrected chi connectivity index (χ4v) is 1.93. The molecule has 2 N–H and O–H groups in total. The molecule has 15 heavy (non-hydrogen) atoms. The van der Waals surface area contributed by atoms with Crippen molar-refractivity contribution in [3.05, 3.63) is 23.8 Å². The molecule has 0 amide bonds. The first-order valence-electron chi connectivity index (χ1n) is 4.85. The number of carbonyl (C=O) groups excluding carboxylic acids is 1. The third kappa shape index (κ3) is 1.75. The second kappa shape index (κ2) is 3.81. The number of carbonyl (C=O) groups is 1. The summed E-state index contributed by atoms with van der Waals surface area (Å²) >= 11 is 0. The molecule has 0 fully saturated rings. The molecule has 2 rings (SSSR count). The predicted molar refractivity (Wildman–Crippen MR) is 56.0 cm³/mol. The molecule has 1 heterocycles. The van der Waals surface area contributed by atoms with Crippen LogP contribution in [0.4, 0.5) is 5.69 Å². The van der Waals surface area contributed by atoms with Crippen molar-refractivity contribution in [3.63, 3.8) is 0 Å². The average molecular weight is 207 g/mol. The molecule has 1 aliphatic rings. The summed E-state index contributed by atoms with van der Waals surface area (Å²) in [6.07, 6.45) is 0.300. The van der Waals surface area contributed by atoms with Crippen LogP contribution in [0, 0.1) is 0 Å². The van der Waals surface area contributed by atoms with E-state index >= 15 is 0 Å². The van der Waals surface area contributed by atoms with Gasteiger partial charge in [0.25, 0.3) is 0 Å². The molecule has 1 unspecified atom stereocenters. The molecule has 1 aromatic rings. The third-order valence-corrected chi connectivity index (χ3v) is 2.67. The molecule has 0 spiro atoms. The van der Waals surface area contributed by atoms with Gasteiger partial charge in [0.1, 0.15) is 5.75 Å². The van der Waals surface area contributed by atoms with Crippen LogP contribution in [0.15, 0.2) is 18.2 Å². The highest BCUT2D eigenvalue weighted by atomic mass is 16.5. The van der Waals surface area contributed by atoms with Crippen LogP contribution in [0.25, 0.3) is 0 Å². The van der Waals surface area contributed by atoms with Crippen molar-refractivity contribution in [1.82, 2.24) is 0 Å². The van der Waals surface area contributed by atoms with Gasteiger partial charge in [-0.05, 0) is 12.1 Å². The summed E-state index contributed by atoms with van der Waals surface area (Å²) < 4.78 is 4.62. The van der Waals surface area contributed by atoms with Crippen molar-refractivity contribution in [1.29, 1.82) is 0 Å². The molecule has 0 aliphatic carbocycles. The van der Waals surface area contributed by atoms with Gasteiger partial charge in [0.05, 0.1) is 13.5 Å². The Labute approximate surface area is 87.9 Å². The maximum absolute atomic E-state index is 11.2. The number of aromatic hydroxyl groups is 1. The first-order valence-corrected chi connectivity index (χ1v) is 4.85. The molecular weight excluding hydrogens is 194 g/mol. The van der Waals surface area contributed by atoms with Crippen LogP contribution in [0.1, 0.15) is 17.9 Å². The fourth-order valence-electron chi connectivity index (χ4n) is 1.93. The van der Waals surface area contributed by atoms with E-state index in [1.54, 1.807) is 12.1 Å². The molecule has 0 radical (unpaired) electrons. The number of hydrogen-bond acceptors (Lipinski definition) is 4. The lowest BCUT2D eigenvalue weighted by molar-refractivity contribution is -0.140. The maximum atomic E-state index is 11.2. The third-order valence-electron chi connectivity index (χ3n) is 2.67. The summed E-state index contributed by atoms with van der Waals surface area (Å²) in [5.41, 5.74) is 1.73. The molecule has 4 heteroatoms. The van der Waals surface area contributed by atoms with E-state index in [2.05, 4.69) is 10.1 Å². The van der Waals surface area contributed by atoms with Gasteiger partial charge in [-0.15, -0.1) is 0 Å². The molecule has 4 nitrogen and oxygen atoms in total. The van der Waals surface area contributed by atoms with Crippen LogP contribution in [0.3, 0.4) is 0 Å². The van der Waals surface area contributed by atoms with Crippen LogP contribution in [0.5, 0.6) is 5.75 Å². The van der Waals surface area contributed by atoms with Crippen molar-refractivity contribution < 1.29 is 14.6 Å². The number of phenolic OH excluding ortho intramolecular Hbond substituents is 1. The number of methoxy groups -OCH3 is 1. The van der Waals surface area contributed by atoms with Crippen molar-refractivity contribution >= 4 is 11.7 Å². The van der Waals surface area contributed by atoms with E-state index < -0.39 is 0 Å². The standard InChI is InChI=1S/C11H13NO3/c1-15-10(14)5-7-6-12-8-3-2-4-9(13)11(7)8/h2-4,7,12-13H,5-6H2,1H3. The van der Waals surface area contributed by atoms with E-state index in [1.807, 2.05) is 6.07 Å². The number of ether oxygens (including phenoxy) is 1. The minimum absolute atomic E-state index is 0.00801. The molecule has 0 saturated heterocycles. The Morgan fingerprint density at radius 2 is 2.47 bits per heavy atom. The summed E-state index contributed by atoms with van der Waals surface area (Å²) in [6.45, 7) is 0.669. The second-order valence-corrected chi connectivity index (χ2v) is 3.60. The molecule has 80 valence electrons. The highest BCUT2D eigenvalue weighted by molar-refractivity contribution is 5.73. The van der Waals surface area contributed by atoms with E-state index in [0.717, 1.165) is 11.3 Å². The Hall–Kier alpha value is -1.71. The summed E-state index contributed by atoms with van der Waals surface area (Å²) in [6, 6.07) is 5.31. The Bertz CT molecular complexity index is 389. The zero-order valence-corrected chi connectivity index (χ0v) is 8.49. The van der Waals surface area contributed by atoms with Gasteiger partial charge < -0.3 is 15.2 Å². The number of fused-ring (bicyclic) bond motifs is 1. The van der Waals surface area contributed by atoms with Crippen molar-refractivity contribution in [3.8, 4) is 5.75 Å². The fraction of sp³-hybridized carbons (Fsp3) is 0.364. The summed E-state index contributed by atoms with van der Waals surface area (Å²) in [4.78, 5) is 11.2. The number of benzene rings is 1. The lowest BCUT2D eigenvalue weighted by Crippen LogP contribution is -2.10. The van der Waals surface area contributed by atoms with Crippen LogP contribution in [-0.2, 0) is 9.53 Å². The van der Waals surface area contributed by atoms with Gasteiger partial charge in [-0.2, -0.15) is 0 Å². The minimum atomic E-state index is -0.252. The zero-order valence-electron chi connectivity index (χ0n) is 8.49. The van der Waals surface area contributed by atoms with E-state index in [9.17, 15) is 9.90 Å². The summed E-state index contributed by atoms with van der Waals surface area (Å²) in [7, 11) is 1.37. The predicted octanol–water partition coefficient (Wildman–Crippen LogP) is 1.46. The van der Waals surface area contributed by atoms with Gasteiger partial charge in [0.15, 0.2) is 0 Å². The first kappa shape index (κ1) is 9.83. The van der Waals surface area contributed by atoms with Crippen LogP contribution >= 0.6 is 0 Å². The highest BCUT2D eigenvalue weighted by Gasteiger charge is 2.27. The van der Waals surface area contributed by atoms with Crippen molar-refractivity contribution in [2.45, 2.75) is 12.3 Å². The van der Waals surface area contributed by atoms with Gasteiger partial charge >= 0.3 is 5.97 Å². The number of rotatable bonds is 2. The van der Waals surface area contributed by atoms with Gasteiger partial charge in [-0.25, -0.2) is 0 Å². The van der Waals surface area contributed by atoms with E-state index in [-0.39, 0.29) is 17.6 Å². The quantitative estimate of drug-likeness (QED) is 0.721. The Balaban J connectivity index is 2.24. The van der Waals surface area contributed by atoms with Gasteiger partial charge in [0, 0.05) is 23.7 Å². The minimum Gasteiger partial charge on any atom is -0.508 e. The lowest BCUT2D eigenvalue weighted by atomic mass is 9.97. The molecule has 0 aromatic heterocycles. The SMILES string of the molecule is COC(=O)CC1CNc2cccc(O)c21. The smallest absolute Gasteiger partial charge is 0.306 e. The first-order chi connectivity index (χ1) is 7.22. The maximum Gasteiger partial charge on any atom is 0.306 e.